The molecule has 7 heterocycles. The fourth-order valence-corrected chi connectivity index (χ4v) is 27.9. The summed E-state index contributed by atoms with van der Waals surface area (Å²) in [7, 11) is 0. The normalized spacial score (nSPS) is 14.1. The summed E-state index contributed by atoms with van der Waals surface area (Å²) < 4.78 is 21.8. The number of benzene rings is 25. The molecular formula is C143H89N5OS. The number of hydrogen-bond donors (Lipinski definition) is 0. The first kappa shape index (κ1) is 84.2. The first-order valence-corrected chi connectivity index (χ1v) is 52.8. The van der Waals surface area contributed by atoms with Crippen molar-refractivity contribution in [3.8, 4) is 56.4 Å². The van der Waals surface area contributed by atoms with Crippen molar-refractivity contribution in [1.82, 2.24) is 22.8 Å². The maximum Gasteiger partial charge on any atom is 0.148 e. The highest BCUT2D eigenvalue weighted by atomic mass is 32.1. The third-order valence-electron chi connectivity index (χ3n) is 32.9. The fourth-order valence-electron chi connectivity index (χ4n) is 26.7. The standard InChI is InChI=1S/C41H25N.C38H24N2.C32H21NO.C32H19NS/c1-2-13-27(14-3-1)42-39-28-15-5-4-12-26(28)22-23-33(39)34-25-24-32-31-18-8-11-21-37(31)41(38(32)40(34)42)35-19-9-6-16-29(35)30-17-7-10-20-36(30)41;1-3-13-27(14-4-1)39-34-24-20-25-11-7-9-17-29(25)35(34)33-23-22-32-31-21-19-26-12-8-10-18-30(26)36(31)40(37(32)38(33)39)28-15-5-2-6-16-28;1-2-10-22-19-29-27(18-21(22)9-1)25-16-17-26-24-13-5-6-15-30(24)34-32(26)31(25)33(29)28-14-7-11-20-8-3-4-12-23(20)28;1-2-9-22-19-23(15-13-20(22)7-1)33-28-18-14-21-8-3-4-10-24(21)30(28)27-17-16-26-25-11-5-6-12-29(25)34-32(26)31(27)33/h1-25H;1-24H;1-19,24,30H;1-19H. The Bertz CT molecular complexity index is 11200. The molecule has 25 aromatic carbocycles. The lowest BCUT2D eigenvalue weighted by Crippen LogP contribution is -2.26. The van der Waals surface area contributed by atoms with Gasteiger partial charge in [0.05, 0.1) is 71.0 Å². The van der Waals surface area contributed by atoms with Gasteiger partial charge < -0.3 is 27.6 Å². The van der Waals surface area contributed by atoms with E-state index in [1.165, 1.54) is 278 Å². The Hall–Kier alpha value is -19.2. The van der Waals surface area contributed by atoms with Gasteiger partial charge in [-0.1, -0.05) is 437 Å². The molecule has 2 unspecified atom stereocenters. The Morgan fingerprint density at radius 1 is 0.213 bits per heavy atom. The number of thiophene rings is 1. The minimum absolute atomic E-state index is 0.0589. The molecule has 0 N–H and O–H groups in total. The van der Waals surface area contributed by atoms with E-state index >= 15 is 0 Å². The Morgan fingerprint density at radius 3 is 1.23 bits per heavy atom. The Labute approximate surface area is 866 Å². The van der Waals surface area contributed by atoms with Crippen LogP contribution in [0.2, 0.25) is 0 Å². The van der Waals surface area contributed by atoms with Crippen LogP contribution in [0.15, 0.2) is 528 Å². The molecule has 0 saturated carbocycles. The molecule has 0 bridgehead atoms. The molecule has 0 radical (unpaired) electrons. The van der Waals surface area contributed by atoms with Crippen LogP contribution in [0.25, 0.3) is 255 Å². The Morgan fingerprint density at radius 2 is 0.613 bits per heavy atom. The molecule has 3 aliphatic carbocycles. The van der Waals surface area contributed by atoms with Crippen LogP contribution in [0.5, 0.6) is 5.75 Å². The van der Waals surface area contributed by atoms with Crippen molar-refractivity contribution in [2.24, 2.45) is 0 Å². The average molecular weight is 1930 g/mol. The van der Waals surface area contributed by atoms with Crippen LogP contribution < -0.4 is 4.74 Å². The predicted octanol–water partition coefficient (Wildman–Crippen LogP) is 38.0. The maximum atomic E-state index is 6.67. The quantitative estimate of drug-likeness (QED) is 0.169. The minimum Gasteiger partial charge on any atom is -0.483 e. The average Bonchev–Trinajstić information content (AvgIpc) is 1.49. The molecular weight excluding hydrogens is 1840 g/mol. The van der Waals surface area contributed by atoms with Crippen molar-refractivity contribution in [1.29, 1.82) is 0 Å². The lowest BCUT2D eigenvalue weighted by molar-refractivity contribution is 0.271. The van der Waals surface area contributed by atoms with E-state index in [9.17, 15) is 0 Å². The van der Waals surface area contributed by atoms with Gasteiger partial charge in [-0.15, -0.1) is 11.3 Å². The summed E-state index contributed by atoms with van der Waals surface area (Å²) in [6, 6.07) is 185. The number of nitrogens with zero attached hydrogens (tertiary/aromatic N) is 5. The molecule has 6 aromatic heterocycles. The third-order valence-corrected chi connectivity index (χ3v) is 34.1. The molecule has 0 saturated heterocycles. The van der Waals surface area contributed by atoms with Gasteiger partial charge in [0, 0.05) is 125 Å². The number of aromatic nitrogens is 5. The van der Waals surface area contributed by atoms with Crippen molar-refractivity contribution < 1.29 is 4.74 Å². The lowest BCUT2D eigenvalue weighted by Gasteiger charge is -2.31. The van der Waals surface area contributed by atoms with Gasteiger partial charge in [-0.05, 0) is 189 Å². The largest absolute Gasteiger partial charge is 0.483 e. The second-order valence-corrected chi connectivity index (χ2v) is 41.5. The van der Waals surface area contributed by atoms with Gasteiger partial charge in [0.25, 0.3) is 0 Å². The van der Waals surface area contributed by atoms with Gasteiger partial charge in [0.1, 0.15) is 11.9 Å². The molecule has 6 nitrogen and oxygen atoms in total. The van der Waals surface area contributed by atoms with E-state index < -0.39 is 5.41 Å². The summed E-state index contributed by atoms with van der Waals surface area (Å²) in [6.07, 6.45) is 8.73. The van der Waals surface area contributed by atoms with Gasteiger partial charge in [-0.2, -0.15) is 0 Å². The van der Waals surface area contributed by atoms with Gasteiger partial charge >= 0.3 is 0 Å². The number of ether oxygens (including phenoxy) is 1. The molecule has 2 atom stereocenters. The molecule has 1 aliphatic heterocycles. The summed E-state index contributed by atoms with van der Waals surface area (Å²) >= 11 is 1.90. The minimum atomic E-state index is -0.407. The number of allylic oxidation sites excluding steroid dienone is 2. The number of fused-ring (bicyclic) bond motifs is 46. The molecule has 0 amide bonds. The Kier molecular flexibility index (Phi) is 18.5. The Balaban J connectivity index is 0.0000000886. The summed E-state index contributed by atoms with van der Waals surface area (Å²) in [5.41, 5.74) is 30.1. The van der Waals surface area contributed by atoms with Crippen molar-refractivity contribution in [3.63, 3.8) is 0 Å². The zero-order valence-electron chi connectivity index (χ0n) is 81.4. The topological polar surface area (TPSA) is 33.9 Å². The third kappa shape index (κ3) is 12.2. The number of rotatable bonds is 5. The van der Waals surface area contributed by atoms with Gasteiger partial charge in [0.15, 0.2) is 0 Å². The summed E-state index contributed by atoms with van der Waals surface area (Å²) in [5.74, 6) is 1.28. The van der Waals surface area contributed by atoms with Crippen molar-refractivity contribution in [2.75, 3.05) is 0 Å². The monoisotopic (exact) mass is 1920 g/mol. The van der Waals surface area contributed by atoms with Crippen LogP contribution in [-0.4, -0.2) is 28.9 Å². The van der Waals surface area contributed by atoms with Crippen molar-refractivity contribution >= 4 is 216 Å². The van der Waals surface area contributed by atoms with E-state index in [0.29, 0.717) is 0 Å². The first-order valence-electron chi connectivity index (χ1n) is 52.0. The van der Waals surface area contributed by atoms with E-state index in [0.717, 1.165) is 11.3 Å². The highest BCUT2D eigenvalue weighted by molar-refractivity contribution is 7.26. The number of para-hydroxylation sites is 3. The van der Waals surface area contributed by atoms with Crippen LogP contribution in [0, 0.1) is 0 Å². The van der Waals surface area contributed by atoms with Crippen LogP contribution in [0.4, 0.5) is 0 Å². The summed E-state index contributed by atoms with van der Waals surface area (Å²) in [6.45, 7) is 0. The first-order chi connectivity index (χ1) is 74.5. The molecule has 4 aliphatic rings. The zero-order chi connectivity index (χ0) is 98.1. The fraction of sp³-hybridized carbons (Fsp3) is 0.0210. The van der Waals surface area contributed by atoms with E-state index in [1.54, 1.807) is 0 Å². The van der Waals surface area contributed by atoms with E-state index in [-0.39, 0.29) is 12.0 Å². The molecule has 150 heavy (non-hydrogen) atoms. The summed E-state index contributed by atoms with van der Waals surface area (Å²) in [5, 5.41) is 33.2. The molecule has 7 heteroatoms. The SMILES string of the molecule is C1=CC2Oc3c(ccc4c5cc6ccccc6cc5n(-c5cccc6ccccc56)c34)C2C=C1.c1ccc(-n2c3c4c(ccc3c3ccc5ccccc5c32)-c2ccccc2C42c3ccccc3-c3ccccc32)cc1.c1ccc(-n2c3ccc4ccccc4c3c3ccc4c5ccc6ccccc6c5n(-c5ccccc5)c4c32)cc1.c1ccc2cc(-n3c4ccc5ccccc5c4c4ccc5c6ccccc6sc5c43)ccc2c1. The van der Waals surface area contributed by atoms with Crippen molar-refractivity contribution in [3.05, 3.63) is 556 Å². The lowest BCUT2D eigenvalue weighted by atomic mass is 9.70. The smallest absolute Gasteiger partial charge is 0.148 e. The highest BCUT2D eigenvalue weighted by Crippen LogP contribution is 2.65. The van der Waals surface area contributed by atoms with Crippen LogP contribution in [0.1, 0.15) is 33.7 Å². The maximum absolute atomic E-state index is 6.67. The molecule has 1 spiro atoms. The van der Waals surface area contributed by atoms with E-state index in [2.05, 4.69) is 551 Å². The second-order valence-electron chi connectivity index (χ2n) is 40.5. The highest BCUT2D eigenvalue weighted by Gasteiger charge is 2.53. The predicted molar refractivity (Wildman–Crippen MR) is 635 cm³/mol. The van der Waals surface area contributed by atoms with Crippen molar-refractivity contribution in [2.45, 2.75) is 17.4 Å². The molecule has 31 aromatic rings. The zero-order valence-corrected chi connectivity index (χ0v) is 82.3. The second kappa shape index (κ2) is 32.9. The number of hydrogen-bond acceptors (Lipinski definition) is 2. The van der Waals surface area contributed by atoms with Crippen LogP contribution in [-0.2, 0) is 5.41 Å². The van der Waals surface area contributed by atoms with E-state index in [1.807, 2.05) is 11.3 Å². The van der Waals surface area contributed by atoms with Gasteiger partial charge in [-0.3, -0.25) is 0 Å². The molecule has 35 rings (SSSR count). The van der Waals surface area contributed by atoms with Gasteiger partial charge in [-0.25, -0.2) is 0 Å². The summed E-state index contributed by atoms with van der Waals surface area (Å²) in [4.78, 5) is 0. The molecule has 0 fully saturated rings. The van der Waals surface area contributed by atoms with Crippen LogP contribution in [0.3, 0.4) is 0 Å². The molecule has 698 valence electrons. The van der Waals surface area contributed by atoms with E-state index in [4.69, 9.17) is 4.74 Å². The van der Waals surface area contributed by atoms with Gasteiger partial charge in [0.2, 0.25) is 0 Å². The van der Waals surface area contributed by atoms with Crippen LogP contribution >= 0.6 is 11.3 Å².